The topological polar surface area (TPSA) is 29.4 Å². The second kappa shape index (κ2) is 3.46. The van der Waals surface area contributed by atoms with Gasteiger partial charge in [0, 0.05) is 4.47 Å². The van der Waals surface area contributed by atoms with E-state index in [1.54, 1.807) is 0 Å². The van der Waals surface area contributed by atoms with Gasteiger partial charge in [0.05, 0.1) is 0 Å². The SMILES string of the molecule is O=NCc1cccc(Br)c1. The predicted molar refractivity (Wildman–Crippen MR) is 43.6 cm³/mol. The third-order valence-electron chi connectivity index (χ3n) is 1.14. The number of nitrogens with zero attached hydrogens (tertiary/aromatic N) is 1. The van der Waals surface area contributed by atoms with Gasteiger partial charge in [-0.2, -0.15) is 4.91 Å². The first kappa shape index (κ1) is 7.41. The maximum Gasteiger partial charge on any atom is 0.106 e. The van der Waals surface area contributed by atoms with E-state index >= 15 is 0 Å². The lowest BCUT2D eigenvalue weighted by atomic mass is 10.2. The number of nitroso groups, excluding NO2 is 1. The predicted octanol–water partition coefficient (Wildman–Crippen LogP) is 2.72. The largest absolute Gasteiger partial charge is 0.150 e. The first-order valence-electron chi connectivity index (χ1n) is 2.86. The van der Waals surface area contributed by atoms with Crippen molar-refractivity contribution in [3.63, 3.8) is 0 Å². The molecule has 0 N–H and O–H groups in total. The van der Waals surface area contributed by atoms with Crippen LogP contribution in [-0.2, 0) is 6.54 Å². The van der Waals surface area contributed by atoms with Crippen molar-refractivity contribution in [1.29, 1.82) is 0 Å². The lowest BCUT2D eigenvalue weighted by molar-refractivity contribution is 1.05. The Labute approximate surface area is 67.4 Å². The van der Waals surface area contributed by atoms with Gasteiger partial charge in [0.1, 0.15) is 6.54 Å². The van der Waals surface area contributed by atoms with Gasteiger partial charge in [0.25, 0.3) is 0 Å². The number of benzene rings is 1. The third-order valence-corrected chi connectivity index (χ3v) is 1.63. The highest BCUT2D eigenvalue weighted by Crippen LogP contribution is 2.11. The molecule has 0 radical (unpaired) electrons. The number of halogens is 1. The van der Waals surface area contributed by atoms with Gasteiger partial charge in [-0.05, 0) is 17.7 Å². The Morgan fingerprint density at radius 3 is 2.90 bits per heavy atom. The Bertz CT molecular complexity index is 237. The van der Waals surface area contributed by atoms with Crippen LogP contribution >= 0.6 is 15.9 Å². The summed E-state index contributed by atoms with van der Waals surface area (Å²) in [7, 11) is 0. The Hall–Kier alpha value is -0.700. The summed E-state index contributed by atoms with van der Waals surface area (Å²) in [6.07, 6.45) is 0. The molecule has 0 heterocycles. The van der Waals surface area contributed by atoms with Crippen LogP contribution in [0.15, 0.2) is 33.9 Å². The fraction of sp³-hybridized carbons (Fsp3) is 0.143. The van der Waals surface area contributed by atoms with Crippen LogP contribution in [0, 0.1) is 4.91 Å². The van der Waals surface area contributed by atoms with E-state index in [4.69, 9.17) is 0 Å². The number of rotatable bonds is 2. The van der Waals surface area contributed by atoms with Gasteiger partial charge >= 0.3 is 0 Å². The molecule has 0 atom stereocenters. The molecule has 0 aliphatic heterocycles. The summed E-state index contributed by atoms with van der Waals surface area (Å²) < 4.78 is 0.980. The average Bonchev–Trinajstić information content (AvgIpc) is 1.88. The summed E-state index contributed by atoms with van der Waals surface area (Å²) in [6, 6.07) is 7.53. The third kappa shape index (κ3) is 1.92. The normalized spacial score (nSPS) is 9.30. The first-order chi connectivity index (χ1) is 4.83. The van der Waals surface area contributed by atoms with Gasteiger partial charge in [-0.25, -0.2) is 0 Å². The van der Waals surface area contributed by atoms with E-state index in [2.05, 4.69) is 21.1 Å². The van der Waals surface area contributed by atoms with E-state index in [1.165, 1.54) is 0 Å². The molecule has 0 spiro atoms. The quantitative estimate of drug-likeness (QED) is 0.674. The number of hydrogen-bond donors (Lipinski definition) is 0. The molecule has 0 aromatic heterocycles. The molecule has 52 valence electrons. The lowest BCUT2D eigenvalue weighted by Gasteiger charge is -1.92. The van der Waals surface area contributed by atoms with Crippen LogP contribution < -0.4 is 0 Å². The Morgan fingerprint density at radius 1 is 1.50 bits per heavy atom. The second-order valence-corrected chi connectivity index (χ2v) is 2.83. The molecule has 0 saturated heterocycles. The molecule has 0 amide bonds. The van der Waals surface area contributed by atoms with Gasteiger partial charge < -0.3 is 0 Å². The van der Waals surface area contributed by atoms with Crippen molar-refractivity contribution in [2.75, 3.05) is 0 Å². The van der Waals surface area contributed by atoms with E-state index in [0.717, 1.165) is 10.0 Å². The highest BCUT2D eigenvalue weighted by atomic mass is 79.9. The summed E-state index contributed by atoms with van der Waals surface area (Å²) in [4.78, 5) is 9.82. The van der Waals surface area contributed by atoms with Crippen LogP contribution in [0.5, 0.6) is 0 Å². The summed E-state index contributed by atoms with van der Waals surface area (Å²) in [5.74, 6) is 0. The molecule has 0 unspecified atom stereocenters. The summed E-state index contributed by atoms with van der Waals surface area (Å²) >= 11 is 3.29. The summed E-state index contributed by atoms with van der Waals surface area (Å²) in [5.41, 5.74) is 0.935. The molecule has 0 fully saturated rings. The van der Waals surface area contributed by atoms with Gasteiger partial charge in [-0.1, -0.05) is 33.2 Å². The minimum Gasteiger partial charge on any atom is -0.150 e. The molecule has 0 bridgehead atoms. The molecule has 1 aromatic rings. The van der Waals surface area contributed by atoms with Crippen molar-refractivity contribution in [3.05, 3.63) is 39.2 Å². The summed E-state index contributed by atoms with van der Waals surface area (Å²) in [6.45, 7) is 0.249. The highest BCUT2D eigenvalue weighted by Gasteiger charge is 1.90. The summed E-state index contributed by atoms with van der Waals surface area (Å²) in [5, 5.41) is 2.78. The molecule has 1 rings (SSSR count). The van der Waals surface area contributed by atoms with Crippen molar-refractivity contribution in [2.45, 2.75) is 6.54 Å². The smallest absolute Gasteiger partial charge is 0.106 e. The highest BCUT2D eigenvalue weighted by molar-refractivity contribution is 9.10. The number of hydrogen-bond acceptors (Lipinski definition) is 2. The minimum atomic E-state index is 0.249. The molecule has 10 heavy (non-hydrogen) atoms. The van der Waals surface area contributed by atoms with Crippen molar-refractivity contribution in [2.24, 2.45) is 5.18 Å². The van der Waals surface area contributed by atoms with E-state index < -0.39 is 0 Å². The molecular formula is C7H6BrNO. The Balaban J connectivity index is 2.84. The van der Waals surface area contributed by atoms with E-state index in [0.29, 0.717) is 0 Å². The van der Waals surface area contributed by atoms with E-state index in [-0.39, 0.29) is 6.54 Å². The zero-order valence-corrected chi connectivity index (χ0v) is 6.84. The second-order valence-electron chi connectivity index (χ2n) is 1.92. The van der Waals surface area contributed by atoms with Crippen molar-refractivity contribution in [1.82, 2.24) is 0 Å². The van der Waals surface area contributed by atoms with Crippen LogP contribution in [0.1, 0.15) is 5.56 Å². The van der Waals surface area contributed by atoms with Gasteiger partial charge in [-0.15, -0.1) is 0 Å². The molecule has 0 aliphatic carbocycles. The molecule has 0 aliphatic rings. The molecule has 3 heteroatoms. The Kier molecular flexibility index (Phi) is 2.57. The fourth-order valence-electron chi connectivity index (χ4n) is 0.710. The van der Waals surface area contributed by atoms with Crippen LogP contribution in [0.25, 0.3) is 0 Å². The molecular weight excluding hydrogens is 194 g/mol. The Morgan fingerprint density at radius 2 is 2.30 bits per heavy atom. The van der Waals surface area contributed by atoms with Gasteiger partial charge in [-0.3, -0.25) is 0 Å². The van der Waals surface area contributed by atoms with Crippen LogP contribution in [0.4, 0.5) is 0 Å². The standard InChI is InChI=1S/C7H6BrNO/c8-7-3-1-2-6(4-7)5-9-10/h1-4H,5H2. The fourth-order valence-corrected chi connectivity index (χ4v) is 1.16. The molecule has 1 aromatic carbocycles. The minimum absolute atomic E-state index is 0.249. The van der Waals surface area contributed by atoms with E-state index in [9.17, 15) is 4.91 Å². The van der Waals surface area contributed by atoms with Crippen LogP contribution in [0.3, 0.4) is 0 Å². The maximum atomic E-state index is 9.82. The molecule has 0 saturated carbocycles. The van der Waals surface area contributed by atoms with Gasteiger partial charge in [0.15, 0.2) is 0 Å². The molecule has 2 nitrogen and oxygen atoms in total. The van der Waals surface area contributed by atoms with Crippen molar-refractivity contribution >= 4 is 15.9 Å². The van der Waals surface area contributed by atoms with Crippen molar-refractivity contribution in [3.8, 4) is 0 Å². The van der Waals surface area contributed by atoms with E-state index in [1.807, 2.05) is 24.3 Å². The van der Waals surface area contributed by atoms with Crippen molar-refractivity contribution < 1.29 is 0 Å². The first-order valence-corrected chi connectivity index (χ1v) is 3.66. The monoisotopic (exact) mass is 199 g/mol. The maximum absolute atomic E-state index is 9.82. The van der Waals surface area contributed by atoms with Crippen LogP contribution in [-0.4, -0.2) is 0 Å². The zero-order valence-electron chi connectivity index (χ0n) is 5.25. The average molecular weight is 200 g/mol. The van der Waals surface area contributed by atoms with Crippen LogP contribution in [0.2, 0.25) is 0 Å². The van der Waals surface area contributed by atoms with Gasteiger partial charge in [0.2, 0.25) is 0 Å². The zero-order chi connectivity index (χ0) is 7.40. The lowest BCUT2D eigenvalue weighted by Crippen LogP contribution is -1.77.